The Bertz CT molecular complexity index is 520. The van der Waals surface area contributed by atoms with Gasteiger partial charge < -0.3 is 5.32 Å². The minimum absolute atomic E-state index is 0.0282. The quantitative estimate of drug-likeness (QED) is 0.862. The van der Waals surface area contributed by atoms with Crippen LogP contribution in [0.15, 0.2) is 18.2 Å². The van der Waals surface area contributed by atoms with E-state index in [1.165, 1.54) is 23.5 Å². The van der Waals surface area contributed by atoms with Gasteiger partial charge >= 0.3 is 6.18 Å². The number of thiazole rings is 1. The first kappa shape index (κ1) is 12.3. The van der Waals surface area contributed by atoms with Crippen LogP contribution in [0.2, 0.25) is 0 Å². The van der Waals surface area contributed by atoms with Crippen molar-refractivity contribution in [3.8, 4) is 0 Å². The summed E-state index contributed by atoms with van der Waals surface area (Å²) >= 11 is 1.25. The second-order valence-electron chi connectivity index (χ2n) is 3.44. The summed E-state index contributed by atoms with van der Waals surface area (Å²) in [6, 6.07) is 4.13. The van der Waals surface area contributed by atoms with Gasteiger partial charge in [-0.25, -0.2) is 9.37 Å². The Balaban J connectivity index is 2.05. The lowest BCUT2D eigenvalue weighted by Crippen LogP contribution is -2.28. The molecule has 0 aliphatic heterocycles. The maximum atomic E-state index is 12.9. The smallest absolute Gasteiger partial charge is 0.302 e. The van der Waals surface area contributed by atoms with Gasteiger partial charge in [0, 0.05) is 12.6 Å². The van der Waals surface area contributed by atoms with Crippen molar-refractivity contribution in [2.75, 3.05) is 6.54 Å². The third-order valence-electron chi connectivity index (χ3n) is 2.00. The Morgan fingerprint density at radius 3 is 2.76 bits per heavy atom. The molecule has 1 aromatic carbocycles. The maximum absolute atomic E-state index is 12.9. The molecular weight excluding hydrogens is 256 g/mol. The first-order valence-electron chi connectivity index (χ1n) is 4.76. The minimum atomic E-state index is -4.23. The van der Waals surface area contributed by atoms with E-state index >= 15 is 0 Å². The fraction of sp³-hybridized carbons (Fsp3) is 0.300. The molecule has 0 atom stereocenters. The molecule has 0 bridgehead atoms. The summed E-state index contributed by atoms with van der Waals surface area (Å²) in [5.74, 6) is -0.405. The standard InChI is InChI=1S/C10H8F4N2S/c11-6-1-2-8-7(3-6)16-9(17-8)4-15-5-10(12,13)14/h1-3,15H,4-5H2. The summed E-state index contributed by atoms with van der Waals surface area (Å²) < 4.78 is 49.3. The average Bonchev–Trinajstić information content (AvgIpc) is 2.57. The van der Waals surface area contributed by atoms with E-state index in [4.69, 9.17) is 0 Å². The summed E-state index contributed by atoms with van der Waals surface area (Å²) in [5.41, 5.74) is 0.471. The molecule has 7 heteroatoms. The monoisotopic (exact) mass is 264 g/mol. The zero-order valence-corrected chi connectivity index (χ0v) is 9.33. The molecule has 1 heterocycles. The minimum Gasteiger partial charge on any atom is -0.302 e. The number of nitrogens with one attached hydrogen (secondary N) is 1. The molecule has 0 saturated heterocycles. The highest BCUT2D eigenvalue weighted by Crippen LogP contribution is 2.22. The van der Waals surface area contributed by atoms with Crippen molar-refractivity contribution in [1.29, 1.82) is 0 Å². The second kappa shape index (κ2) is 4.58. The van der Waals surface area contributed by atoms with Crippen molar-refractivity contribution < 1.29 is 17.6 Å². The van der Waals surface area contributed by atoms with Gasteiger partial charge in [0.05, 0.1) is 16.8 Å². The number of hydrogen-bond donors (Lipinski definition) is 1. The number of nitrogens with zero attached hydrogens (tertiary/aromatic N) is 1. The van der Waals surface area contributed by atoms with Crippen LogP contribution in [0.25, 0.3) is 10.2 Å². The number of rotatable bonds is 3. The van der Waals surface area contributed by atoms with E-state index in [0.717, 1.165) is 4.70 Å². The summed E-state index contributed by atoms with van der Waals surface area (Å²) in [4.78, 5) is 4.04. The number of aromatic nitrogens is 1. The van der Waals surface area contributed by atoms with Crippen molar-refractivity contribution in [2.24, 2.45) is 0 Å². The molecular formula is C10H8F4N2S. The zero-order valence-electron chi connectivity index (χ0n) is 8.51. The van der Waals surface area contributed by atoms with Crippen LogP contribution in [0.1, 0.15) is 5.01 Å². The molecule has 0 radical (unpaired) electrons. The van der Waals surface area contributed by atoms with Gasteiger partial charge in [-0.05, 0) is 12.1 Å². The van der Waals surface area contributed by atoms with Gasteiger partial charge in [0.25, 0.3) is 0 Å². The highest BCUT2D eigenvalue weighted by molar-refractivity contribution is 7.18. The number of hydrogen-bond acceptors (Lipinski definition) is 3. The predicted octanol–water partition coefficient (Wildman–Crippen LogP) is 3.09. The van der Waals surface area contributed by atoms with Gasteiger partial charge in [-0.15, -0.1) is 11.3 Å². The summed E-state index contributed by atoms with van der Waals surface area (Å²) in [5, 5.41) is 2.76. The van der Waals surface area contributed by atoms with Crippen LogP contribution >= 0.6 is 11.3 Å². The number of halogens is 4. The van der Waals surface area contributed by atoms with Gasteiger partial charge in [-0.1, -0.05) is 0 Å². The topological polar surface area (TPSA) is 24.9 Å². The van der Waals surface area contributed by atoms with E-state index in [1.54, 1.807) is 6.07 Å². The van der Waals surface area contributed by atoms with Crippen molar-refractivity contribution in [3.05, 3.63) is 29.0 Å². The predicted molar refractivity (Wildman–Crippen MR) is 57.3 cm³/mol. The van der Waals surface area contributed by atoms with Gasteiger partial charge in [0.2, 0.25) is 0 Å². The van der Waals surface area contributed by atoms with Crippen LogP contribution in [-0.2, 0) is 6.54 Å². The number of benzene rings is 1. The summed E-state index contributed by atoms with van der Waals surface area (Å²) in [7, 11) is 0. The van der Waals surface area contributed by atoms with Crippen LogP contribution < -0.4 is 5.32 Å². The third-order valence-corrected chi connectivity index (χ3v) is 3.03. The van der Waals surface area contributed by atoms with E-state index in [0.29, 0.717) is 10.5 Å². The Kier molecular flexibility index (Phi) is 3.30. The van der Waals surface area contributed by atoms with Crippen LogP contribution in [0.3, 0.4) is 0 Å². The lowest BCUT2D eigenvalue weighted by molar-refractivity contribution is -0.125. The van der Waals surface area contributed by atoms with Crippen LogP contribution in [0.4, 0.5) is 17.6 Å². The summed E-state index contributed by atoms with van der Waals surface area (Å²) in [6.07, 6.45) is -4.23. The molecule has 1 N–H and O–H groups in total. The Morgan fingerprint density at radius 1 is 1.29 bits per heavy atom. The fourth-order valence-corrected chi connectivity index (χ4v) is 2.25. The highest BCUT2D eigenvalue weighted by atomic mass is 32.1. The molecule has 0 aliphatic carbocycles. The SMILES string of the molecule is Fc1ccc2sc(CNCC(F)(F)F)nc2c1. The van der Waals surface area contributed by atoms with E-state index in [1.807, 2.05) is 0 Å². The van der Waals surface area contributed by atoms with Gasteiger partial charge in [-0.2, -0.15) is 13.2 Å². The molecule has 0 fully saturated rings. The molecule has 2 rings (SSSR count). The second-order valence-corrected chi connectivity index (χ2v) is 4.55. The molecule has 0 saturated carbocycles. The lowest BCUT2D eigenvalue weighted by Gasteiger charge is -2.05. The Morgan fingerprint density at radius 2 is 2.06 bits per heavy atom. The molecule has 0 aliphatic rings. The lowest BCUT2D eigenvalue weighted by atomic mass is 10.3. The van der Waals surface area contributed by atoms with E-state index in [9.17, 15) is 17.6 Å². The third kappa shape index (κ3) is 3.37. The number of alkyl halides is 3. The van der Waals surface area contributed by atoms with Gasteiger partial charge in [0.15, 0.2) is 0 Å². The summed E-state index contributed by atoms with van der Waals surface area (Å²) in [6.45, 7) is -1.03. The molecule has 1 aromatic heterocycles. The van der Waals surface area contributed by atoms with Crippen LogP contribution in [-0.4, -0.2) is 17.7 Å². The van der Waals surface area contributed by atoms with E-state index in [2.05, 4.69) is 10.3 Å². The van der Waals surface area contributed by atoms with E-state index < -0.39 is 18.5 Å². The van der Waals surface area contributed by atoms with Gasteiger partial charge in [-0.3, -0.25) is 0 Å². The first-order chi connectivity index (χ1) is 7.94. The van der Waals surface area contributed by atoms with Crippen LogP contribution in [0, 0.1) is 5.82 Å². The maximum Gasteiger partial charge on any atom is 0.401 e. The molecule has 92 valence electrons. The largest absolute Gasteiger partial charge is 0.401 e. The Labute approximate surface area is 98.3 Å². The van der Waals surface area contributed by atoms with E-state index in [-0.39, 0.29) is 6.54 Å². The molecule has 2 nitrogen and oxygen atoms in total. The zero-order chi connectivity index (χ0) is 12.5. The Hall–Kier alpha value is -1.21. The normalized spacial score (nSPS) is 12.2. The van der Waals surface area contributed by atoms with Crippen molar-refractivity contribution >= 4 is 21.6 Å². The molecule has 0 spiro atoms. The fourth-order valence-electron chi connectivity index (χ4n) is 1.34. The van der Waals surface area contributed by atoms with Crippen molar-refractivity contribution in [1.82, 2.24) is 10.3 Å². The molecule has 2 aromatic rings. The molecule has 17 heavy (non-hydrogen) atoms. The highest BCUT2D eigenvalue weighted by Gasteiger charge is 2.26. The average molecular weight is 264 g/mol. The number of fused-ring (bicyclic) bond motifs is 1. The van der Waals surface area contributed by atoms with Crippen molar-refractivity contribution in [2.45, 2.75) is 12.7 Å². The van der Waals surface area contributed by atoms with Crippen LogP contribution in [0.5, 0.6) is 0 Å². The first-order valence-corrected chi connectivity index (χ1v) is 5.58. The molecule has 0 unspecified atom stereocenters. The van der Waals surface area contributed by atoms with Gasteiger partial charge in [0.1, 0.15) is 10.8 Å². The molecule has 0 amide bonds. The van der Waals surface area contributed by atoms with Crippen molar-refractivity contribution in [3.63, 3.8) is 0 Å².